The largest absolute Gasteiger partial charge is 0.294 e. The SMILES string of the molecule is CONC(=O)c1csc(CCc2ccccc2)n1. The maximum Gasteiger partial charge on any atom is 0.294 e. The van der Waals surface area contributed by atoms with Gasteiger partial charge in [0.25, 0.3) is 5.91 Å². The van der Waals surface area contributed by atoms with Gasteiger partial charge in [-0.15, -0.1) is 11.3 Å². The number of amides is 1. The predicted octanol–water partition coefficient (Wildman–Crippen LogP) is 2.22. The monoisotopic (exact) mass is 262 g/mol. The van der Waals surface area contributed by atoms with Gasteiger partial charge in [0.1, 0.15) is 5.69 Å². The molecule has 0 bridgehead atoms. The van der Waals surface area contributed by atoms with Gasteiger partial charge >= 0.3 is 0 Å². The molecule has 1 aromatic carbocycles. The Kier molecular flexibility index (Phi) is 4.44. The molecule has 0 aliphatic rings. The Morgan fingerprint density at radius 1 is 1.33 bits per heavy atom. The first-order valence-corrected chi connectivity index (χ1v) is 6.49. The predicted molar refractivity (Wildman–Crippen MR) is 70.4 cm³/mol. The Hall–Kier alpha value is -1.72. The smallest absolute Gasteiger partial charge is 0.277 e. The van der Waals surface area contributed by atoms with Gasteiger partial charge in [0.15, 0.2) is 0 Å². The minimum absolute atomic E-state index is 0.306. The van der Waals surface area contributed by atoms with Crippen molar-refractivity contribution in [1.29, 1.82) is 0 Å². The fourth-order valence-corrected chi connectivity index (χ4v) is 2.35. The van der Waals surface area contributed by atoms with Crippen LogP contribution >= 0.6 is 11.3 Å². The lowest BCUT2D eigenvalue weighted by Crippen LogP contribution is -2.22. The van der Waals surface area contributed by atoms with Crippen molar-refractivity contribution in [3.8, 4) is 0 Å². The van der Waals surface area contributed by atoms with Crippen molar-refractivity contribution in [3.63, 3.8) is 0 Å². The van der Waals surface area contributed by atoms with Crippen LogP contribution in [-0.2, 0) is 17.7 Å². The van der Waals surface area contributed by atoms with E-state index in [1.165, 1.54) is 24.0 Å². The molecule has 94 valence electrons. The van der Waals surface area contributed by atoms with Crippen molar-refractivity contribution in [2.75, 3.05) is 7.11 Å². The Labute approximate surface area is 110 Å². The Morgan fingerprint density at radius 2 is 2.11 bits per heavy atom. The highest BCUT2D eigenvalue weighted by molar-refractivity contribution is 7.09. The van der Waals surface area contributed by atoms with Crippen LogP contribution in [0.15, 0.2) is 35.7 Å². The molecule has 0 saturated carbocycles. The van der Waals surface area contributed by atoms with E-state index < -0.39 is 0 Å². The van der Waals surface area contributed by atoms with E-state index in [0.717, 1.165) is 17.8 Å². The molecule has 0 spiro atoms. The van der Waals surface area contributed by atoms with E-state index in [1.807, 2.05) is 18.2 Å². The molecule has 0 saturated heterocycles. The number of carbonyl (C=O) groups excluding carboxylic acids is 1. The number of hydrogen-bond donors (Lipinski definition) is 1. The molecule has 2 aromatic rings. The molecule has 0 fully saturated rings. The van der Waals surface area contributed by atoms with Crippen LogP contribution in [0.2, 0.25) is 0 Å². The zero-order chi connectivity index (χ0) is 12.8. The molecular weight excluding hydrogens is 248 g/mol. The normalized spacial score (nSPS) is 10.3. The number of thiazole rings is 1. The van der Waals surface area contributed by atoms with E-state index >= 15 is 0 Å². The minimum atomic E-state index is -0.306. The highest BCUT2D eigenvalue weighted by Gasteiger charge is 2.10. The van der Waals surface area contributed by atoms with Gasteiger partial charge < -0.3 is 0 Å². The van der Waals surface area contributed by atoms with Crippen molar-refractivity contribution in [2.24, 2.45) is 0 Å². The van der Waals surface area contributed by atoms with Gasteiger partial charge in [0.05, 0.1) is 12.1 Å². The lowest BCUT2D eigenvalue weighted by Gasteiger charge is -1.98. The summed E-state index contributed by atoms with van der Waals surface area (Å²) in [6.07, 6.45) is 1.77. The Bertz CT molecular complexity index is 511. The number of nitrogens with one attached hydrogen (secondary N) is 1. The lowest BCUT2D eigenvalue weighted by atomic mass is 10.1. The second-order valence-corrected chi connectivity index (χ2v) is 4.69. The molecule has 0 atom stereocenters. The number of aryl methyl sites for hydroxylation is 2. The molecule has 1 amide bonds. The van der Waals surface area contributed by atoms with Crippen molar-refractivity contribution >= 4 is 17.2 Å². The summed E-state index contributed by atoms with van der Waals surface area (Å²) in [7, 11) is 1.40. The number of hydroxylamine groups is 1. The number of rotatable bonds is 5. The first-order valence-electron chi connectivity index (χ1n) is 5.61. The summed E-state index contributed by atoms with van der Waals surface area (Å²) in [5.41, 5.74) is 3.94. The Balaban J connectivity index is 1.93. The van der Waals surface area contributed by atoms with Crippen molar-refractivity contribution < 1.29 is 9.63 Å². The standard InChI is InChI=1S/C13H14N2O2S/c1-17-15-13(16)11-9-18-12(14-11)8-7-10-5-3-2-4-6-10/h2-6,9H,7-8H2,1H3,(H,15,16). The molecule has 0 aliphatic carbocycles. The molecular formula is C13H14N2O2S. The van der Waals surface area contributed by atoms with Gasteiger partial charge in [0, 0.05) is 11.8 Å². The van der Waals surface area contributed by atoms with E-state index in [1.54, 1.807) is 5.38 Å². The summed E-state index contributed by atoms with van der Waals surface area (Å²) in [5.74, 6) is -0.306. The van der Waals surface area contributed by atoms with Crippen LogP contribution in [0.4, 0.5) is 0 Å². The van der Waals surface area contributed by atoms with Crippen molar-refractivity contribution in [2.45, 2.75) is 12.8 Å². The summed E-state index contributed by atoms with van der Waals surface area (Å²) < 4.78 is 0. The van der Waals surface area contributed by atoms with Crippen molar-refractivity contribution in [1.82, 2.24) is 10.5 Å². The number of carbonyl (C=O) groups is 1. The summed E-state index contributed by atoms with van der Waals surface area (Å²) in [6, 6.07) is 10.2. The highest BCUT2D eigenvalue weighted by atomic mass is 32.1. The summed E-state index contributed by atoms with van der Waals surface area (Å²) in [4.78, 5) is 20.3. The van der Waals surface area contributed by atoms with E-state index in [0.29, 0.717) is 5.69 Å². The van der Waals surface area contributed by atoms with Crippen LogP contribution in [0.5, 0.6) is 0 Å². The molecule has 0 radical (unpaired) electrons. The molecule has 1 aromatic heterocycles. The average molecular weight is 262 g/mol. The summed E-state index contributed by atoms with van der Waals surface area (Å²) in [5, 5.41) is 2.70. The van der Waals surface area contributed by atoms with Crippen LogP contribution in [0.1, 0.15) is 21.1 Å². The van der Waals surface area contributed by atoms with Gasteiger partial charge in [-0.25, -0.2) is 10.5 Å². The van der Waals surface area contributed by atoms with Crippen LogP contribution in [0.3, 0.4) is 0 Å². The summed E-state index contributed by atoms with van der Waals surface area (Å²) >= 11 is 1.50. The van der Waals surface area contributed by atoms with Gasteiger partial charge in [0.2, 0.25) is 0 Å². The van der Waals surface area contributed by atoms with E-state index in [4.69, 9.17) is 0 Å². The molecule has 4 nitrogen and oxygen atoms in total. The average Bonchev–Trinajstić information content (AvgIpc) is 2.87. The first-order chi connectivity index (χ1) is 8.79. The van der Waals surface area contributed by atoms with E-state index in [2.05, 4.69) is 27.4 Å². The number of benzene rings is 1. The zero-order valence-corrected chi connectivity index (χ0v) is 10.9. The molecule has 1 heterocycles. The second kappa shape index (κ2) is 6.28. The first kappa shape index (κ1) is 12.7. The van der Waals surface area contributed by atoms with E-state index in [-0.39, 0.29) is 5.91 Å². The third-order valence-corrected chi connectivity index (χ3v) is 3.36. The number of nitrogens with zero attached hydrogens (tertiary/aromatic N) is 1. The quantitative estimate of drug-likeness (QED) is 0.841. The second-order valence-electron chi connectivity index (χ2n) is 3.75. The third kappa shape index (κ3) is 3.38. The number of hydrogen-bond acceptors (Lipinski definition) is 4. The lowest BCUT2D eigenvalue weighted by molar-refractivity contribution is 0.0533. The molecule has 5 heteroatoms. The molecule has 0 unspecified atom stereocenters. The van der Waals surface area contributed by atoms with Crippen LogP contribution < -0.4 is 5.48 Å². The maximum absolute atomic E-state index is 11.4. The van der Waals surface area contributed by atoms with Crippen LogP contribution in [0.25, 0.3) is 0 Å². The zero-order valence-electron chi connectivity index (χ0n) is 10.1. The minimum Gasteiger partial charge on any atom is -0.277 e. The molecule has 18 heavy (non-hydrogen) atoms. The molecule has 0 aliphatic heterocycles. The fourth-order valence-electron chi connectivity index (χ4n) is 1.57. The topological polar surface area (TPSA) is 51.2 Å². The van der Waals surface area contributed by atoms with Gasteiger partial charge in [-0.1, -0.05) is 30.3 Å². The van der Waals surface area contributed by atoms with Crippen LogP contribution in [-0.4, -0.2) is 18.0 Å². The number of aromatic nitrogens is 1. The maximum atomic E-state index is 11.4. The van der Waals surface area contributed by atoms with E-state index in [9.17, 15) is 4.79 Å². The fraction of sp³-hybridized carbons (Fsp3) is 0.231. The van der Waals surface area contributed by atoms with Gasteiger partial charge in [-0.2, -0.15) is 0 Å². The Morgan fingerprint density at radius 3 is 2.83 bits per heavy atom. The van der Waals surface area contributed by atoms with Gasteiger partial charge in [-0.3, -0.25) is 9.63 Å². The van der Waals surface area contributed by atoms with Crippen molar-refractivity contribution in [3.05, 3.63) is 52.0 Å². The molecule has 2 rings (SSSR count). The van der Waals surface area contributed by atoms with Gasteiger partial charge in [-0.05, 0) is 12.0 Å². The summed E-state index contributed by atoms with van der Waals surface area (Å²) in [6.45, 7) is 0. The third-order valence-electron chi connectivity index (χ3n) is 2.45. The van der Waals surface area contributed by atoms with Crippen LogP contribution in [0, 0.1) is 0 Å². The molecule has 1 N–H and O–H groups in total. The highest BCUT2D eigenvalue weighted by Crippen LogP contribution is 2.13.